The molecule has 0 aliphatic carbocycles. The Labute approximate surface area is 329 Å². The molecule has 3 aromatic carbocycles. The van der Waals surface area contributed by atoms with Crippen LogP contribution in [0.1, 0.15) is 112 Å². The monoisotopic (exact) mass is 893 g/mol. The fourth-order valence-corrected chi connectivity index (χ4v) is 7.50. The van der Waals surface area contributed by atoms with E-state index in [2.05, 4.69) is 101 Å². The van der Waals surface area contributed by atoms with E-state index in [0.29, 0.717) is 5.56 Å². The molecular weight excluding hydrogens is 839 g/mol. The Bertz CT molecular complexity index is 2050. The van der Waals surface area contributed by atoms with Crippen LogP contribution < -0.4 is 0 Å². The number of benzene rings is 3. The van der Waals surface area contributed by atoms with Gasteiger partial charge in [-0.05, 0) is 60.6 Å². The van der Waals surface area contributed by atoms with E-state index < -0.39 is 0 Å². The summed E-state index contributed by atoms with van der Waals surface area (Å²) in [6.07, 6.45) is 7.58. The van der Waals surface area contributed by atoms with Crippen LogP contribution in [0.2, 0.25) is 0 Å². The number of carbonyl (C=O) groups excluding carboxylic acids is 1. The maximum atomic E-state index is 11.7. The summed E-state index contributed by atoms with van der Waals surface area (Å²) in [7, 11) is 0. The van der Waals surface area contributed by atoms with Crippen molar-refractivity contribution < 1.29 is 30.0 Å². The van der Waals surface area contributed by atoms with Crippen LogP contribution in [0.4, 0.5) is 0 Å². The summed E-state index contributed by atoms with van der Waals surface area (Å²) in [6, 6.07) is 24.9. The molecule has 5 rings (SSSR count). The number of ketones is 1. The number of aliphatic hydroxyl groups is 1. The molecule has 0 atom stereocenters. The Morgan fingerprint density at radius 3 is 2.19 bits per heavy atom. The quantitative estimate of drug-likeness (QED) is 0.0857. The molecule has 0 saturated carbocycles. The predicted molar refractivity (Wildman–Crippen MR) is 215 cm³/mol. The molecule has 0 aliphatic heterocycles. The van der Waals surface area contributed by atoms with Crippen molar-refractivity contribution in [2.45, 2.75) is 107 Å². The molecule has 0 amide bonds. The van der Waals surface area contributed by atoms with Crippen molar-refractivity contribution in [1.29, 1.82) is 5.26 Å². The minimum Gasteiger partial charge on any atom is -0.512 e. The van der Waals surface area contributed by atoms with Crippen LogP contribution in [0.15, 0.2) is 72.6 Å². The topological polar surface area (TPSA) is 86.9 Å². The number of hydrogen-bond acceptors (Lipinski definition) is 6. The van der Waals surface area contributed by atoms with E-state index in [9.17, 15) is 15.2 Å². The summed E-state index contributed by atoms with van der Waals surface area (Å²) < 4.78 is 1.14. The number of carbonyl (C=O) groups is 1. The van der Waals surface area contributed by atoms with Crippen molar-refractivity contribution in [2.75, 3.05) is 0 Å². The molecule has 2 heterocycles. The number of fused-ring (bicyclic) bond motifs is 2. The zero-order valence-corrected chi connectivity index (χ0v) is 35.7. The largest absolute Gasteiger partial charge is 0.512 e. The maximum Gasteiger partial charge on any atom is 0.162 e. The number of rotatable bonds is 10. The Hall–Kier alpha value is -3.69. The van der Waals surface area contributed by atoms with Crippen molar-refractivity contribution in [1.82, 2.24) is 9.97 Å². The van der Waals surface area contributed by atoms with E-state index in [0.717, 1.165) is 69.5 Å². The first kappa shape index (κ1) is 42.7. The number of hydrogen-bond donors (Lipinski definition) is 1. The van der Waals surface area contributed by atoms with Gasteiger partial charge in [0.25, 0.3) is 0 Å². The van der Waals surface area contributed by atoms with Gasteiger partial charge in [-0.3, -0.25) is 9.78 Å². The van der Waals surface area contributed by atoms with Crippen molar-refractivity contribution in [2.24, 2.45) is 17.3 Å². The fourth-order valence-electron chi connectivity index (χ4n) is 6.44. The van der Waals surface area contributed by atoms with Crippen molar-refractivity contribution in [3.8, 4) is 27.9 Å². The van der Waals surface area contributed by atoms with Crippen LogP contribution >= 0.6 is 11.3 Å². The van der Waals surface area contributed by atoms with E-state index in [-0.39, 0.29) is 54.3 Å². The molecule has 1 radical (unpaired) electrons. The van der Waals surface area contributed by atoms with Gasteiger partial charge >= 0.3 is 0 Å². The van der Waals surface area contributed by atoms with Gasteiger partial charge in [0.05, 0.1) is 21.5 Å². The van der Waals surface area contributed by atoms with E-state index >= 15 is 0 Å². The molecule has 52 heavy (non-hydrogen) atoms. The second kappa shape index (κ2) is 18.4. The Morgan fingerprint density at radius 2 is 1.60 bits per heavy atom. The number of aromatic nitrogens is 2. The van der Waals surface area contributed by atoms with Crippen LogP contribution in [0, 0.1) is 34.6 Å². The third kappa shape index (κ3) is 10.7. The predicted octanol–water partition coefficient (Wildman–Crippen LogP) is 12.6. The van der Waals surface area contributed by atoms with Gasteiger partial charge in [-0.15, -0.1) is 40.5 Å². The minimum absolute atomic E-state index is 0. The third-order valence-corrected chi connectivity index (χ3v) is 10.4. The smallest absolute Gasteiger partial charge is 0.162 e. The summed E-state index contributed by atoms with van der Waals surface area (Å²) >= 11 is 1.63. The number of aliphatic hydroxyl groups excluding tert-OH is 1. The zero-order chi connectivity index (χ0) is 37.5. The number of allylic oxidation sites excluding steroid dienone is 2. The molecule has 0 saturated heterocycles. The molecule has 277 valence electrons. The Morgan fingerprint density at radius 1 is 0.942 bits per heavy atom. The molecule has 0 fully saturated rings. The maximum absolute atomic E-state index is 11.7. The van der Waals surface area contributed by atoms with Crippen molar-refractivity contribution in [3.63, 3.8) is 0 Å². The van der Waals surface area contributed by atoms with Crippen LogP contribution in [0.5, 0.6) is 0 Å². The number of nitriles is 1. The average molecular weight is 893 g/mol. The molecule has 1 N–H and O–H groups in total. The van der Waals surface area contributed by atoms with Gasteiger partial charge in [0, 0.05) is 55.5 Å². The normalized spacial score (nSPS) is 12.1. The fraction of sp³-hybridized carbons (Fsp3) is 0.422. The summed E-state index contributed by atoms with van der Waals surface area (Å²) in [5.74, 6) is 0.547. The summed E-state index contributed by atoms with van der Waals surface area (Å²) in [4.78, 5) is 21.3. The molecule has 0 spiro atoms. The summed E-state index contributed by atoms with van der Waals surface area (Å²) in [6.45, 7) is 21.5. The van der Waals surface area contributed by atoms with Gasteiger partial charge < -0.3 is 5.11 Å². The molecule has 0 aliphatic rings. The molecule has 5 aromatic rings. The SMILES string of the molecule is CC(C)(C)Cc1ccc2nc(-c3cc(-c4[c-]c5ccccc5c(C(C)(C)C)c4)ncc3C#N)sc2c1.CCC(CC)C(=O)/C=C(\O)C(CC)CC.[Ir]. The zero-order valence-electron chi connectivity index (χ0n) is 32.5. The number of thiazole rings is 1. The van der Waals surface area contributed by atoms with Gasteiger partial charge in [-0.1, -0.05) is 111 Å². The standard InChI is InChI=1S/C32H30N3S.C13H24O2.Ir/c1-31(2,3)17-20-11-12-27-29(13-20)36-30(35-27)25-16-28(34-19-23(25)18-33)22-14-21-9-7-8-10-24(21)26(15-22)32(4,5)6;1-5-10(6-2)12(14)9-13(15)11(7-3)8-4;/h7-13,15-16,19H,17H2,1-6H3;9-11,14H,5-8H2,1-4H3;/q-1;;/b;12-9-;. The first-order chi connectivity index (χ1) is 24.1. The van der Waals surface area contributed by atoms with Gasteiger partial charge in [0.15, 0.2) is 5.78 Å². The molecule has 2 aromatic heterocycles. The van der Waals surface area contributed by atoms with Gasteiger partial charge in [-0.25, -0.2) is 4.98 Å². The summed E-state index contributed by atoms with van der Waals surface area (Å²) in [5, 5.41) is 22.7. The van der Waals surface area contributed by atoms with Crippen molar-refractivity contribution in [3.05, 3.63) is 95.4 Å². The van der Waals surface area contributed by atoms with Gasteiger partial charge in [-0.2, -0.15) is 5.26 Å². The first-order valence-corrected chi connectivity index (χ1v) is 19.1. The van der Waals surface area contributed by atoms with Crippen molar-refractivity contribution >= 4 is 38.1 Å². The number of pyridine rings is 1. The Kier molecular flexibility index (Phi) is 15.1. The van der Waals surface area contributed by atoms with Gasteiger partial charge in [0.2, 0.25) is 0 Å². The van der Waals surface area contributed by atoms with Crippen LogP contribution in [-0.4, -0.2) is 20.9 Å². The molecular formula is C45H54IrN3O2S-. The van der Waals surface area contributed by atoms with Crippen LogP contribution in [0.25, 0.3) is 42.8 Å². The molecule has 0 unspecified atom stereocenters. The Balaban J connectivity index is 0.000000389. The average Bonchev–Trinajstić information content (AvgIpc) is 3.51. The minimum atomic E-state index is -0.0311. The van der Waals surface area contributed by atoms with E-state index in [1.54, 1.807) is 17.5 Å². The van der Waals surface area contributed by atoms with Gasteiger partial charge in [0.1, 0.15) is 11.1 Å². The summed E-state index contributed by atoms with van der Waals surface area (Å²) in [5.41, 5.74) is 6.79. The molecule has 0 bridgehead atoms. The van der Waals surface area contributed by atoms with E-state index in [1.165, 1.54) is 22.6 Å². The third-order valence-electron chi connectivity index (χ3n) is 9.38. The van der Waals surface area contributed by atoms with E-state index in [1.807, 2.05) is 39.8 Å². The van der Waals surface area contributed by atoms with E-state index in [4.69, 9.17) is 4.98 Å². The second-order valence-electron chi connectivity index (χ2n) is 15.7. The second-order valence-corrected chi connectivity index (χ2v) is 16.7. The number of nitrogens with zero attached hydrogens (tertiary/aromatic N) is 3. The van der Waals surface area contributed by atoms with Crippen LogP contribution in [0.3, 0.4) is 0 Å². The van der Waals surface area contributed by atoms with Crippen LogP contribution in [-0.2, 0) is 36.7 Å². The first-order valence-electron chi connectivity index (χ1n) is 18.3. The molecule has 7 heteroatoms. The molecule has 5 nitrogen and oxygen atoms in total.